The maximum absolute atomic E-state index is 13.7. The Morgan fingerprint density at radius 1 is 1.14 bits per heavy atom. The second kappa shape index (κ2) is 8.93. The molecule has 1 N–H and O–H groups in total. The molecule has 0 saturated heterocycles. The maximum Gasteiger partial charge on any atom is 0.241 e. The zero-order valence-corrected chi connectivity index (χ0v) is 17.8. The summed E-state index contributed by atoms with van der Waals surface area (Å²) in [5.74, 6) is -1.81. The summed E-state index contributed by atoms with van der Waals surface area (Å²) >= 11 is 4.48. The molecular weight excluding hydrogens is 467 g/mol. The van der Waals surface area contributed by atoms with E-state index in [0.29, 0.717) is 17.5 Å². The number of thiazole rings is 1. The fourth-order valence-electron chi connectivity index (χ4n) is 2.52. The van der Waals surface area contributed by atoms with Gasteiger partial charge in [0.2, 0.25) is 5.91 Å². The fraction of sp³-hybridized carbons (Fsp3) is 0.158. The molecule has 3 aromatic rings. The first-order valence-electron chi connectivity index (χ1n) is 8.23. The van der Waals surface area contributed by atoms with Gasteiger partial charge in [0.1, 0.15) is 11.6 Å². The Balaban J connectivity index is 1.58. The molecule has 1 aromatic heterocycles. The van der Waals surface area contributed by atoms with Gasteiger partial charge in [0, 0.05) is 22.0 Å². The Kier molecular flexibility index (Phi) is 6.58. The average Bonchev–Trinajstić information content (AvgIpc) is 3.05. The number of carbonyl (C=O) groups excluding carboxylic acids is 1. The van der Waals surface area contributed by atoms with Gasteiger partial charge in [-0.05, 0) is 29.3 Å². The number of aromatic nitrogens is 1. The van der Waals surface area contributed by atoms with E-state index >= 15 is 0 Å². The summed E-state index contributed by atoms with van der Waals surface area (Å²) < 4.78 is 39.0. The third-order valence-electron chi connectivity index (χ3n) is 3.77. The molecule has 0 aliphatic rings. The van der Waals surface area contributed by atoms with Crippen molar-refractivity contribution in [2.24, 2.45) is 0 Å². The summed E-state index contributed by atoms with van der Waals surface area (Å²) in [7, 11) is -3.61. The van der Waals surface area contributed by atoms with E-state index in [9.17, 15) is 17.6 Å². The first-order chi connectivity index (χ1) is 13.3. The largest absolute Gasteiger partial charge is 0.301 e. The van der Waals surface area contributed by atoms with Crippen molar-refractivity contribution in [3.63, 3.8) is 0 Å². The van der Waals surface area contributed by atoms with Gasteiger partial charge in [-0.1, -0.05) is 46.3 Å². The zero-order valence-electron chi connectivity index (χ0n) is 14.6. The van der Waals surface area contributed by atoms with Gasteiger partial charge in [-0.15, -0.1) is 11.3 Å². The summed E-state index contributed by atoms with van der Waals surface area (Å²) in [5, 5.41) is 2.79. The third kappa shape index (κ3) is 5.95. The molecule has 3 rings (SSSR count). The topological polar surface area (TPSA) is 76.1 Å². The van der Waals surface area contributed by atoms with Crippen molar-refractivity contribution in [1.29, 1.82) is 0 Å². The number of amides is 1. The molecule has 0 radical (unpaired) electrons. The van der Waals surface area contributed by atoms with Crippen LogP contribution in [-0.2, 0) is 26.8 Å². The highest BCUT2D eigenvalue weighted by Crippen LogP contribution is 2.22. The maximum atomic E-state index is 13.7. The van der Waals surface area contributed by atoms with E-state index in [-0.39, 0.29) is 16.7 Å². The van der Waals surface area contributed by atoms with Crippen LogP contribution in [0.15, 0.2) is 59.2 Å². The Labute approximate surface area is 174 Å². The molecule has 5 nitrogen and oxygen atoms in total. The molecule has 9 heteroatoms. The van der Waals surface area contributed by atoms with Gasteiger partial charge in [0.25, 0.3) is 0 Å². The Morgan fingerprint density at radius 2 is 1.86 bits per heavy atom. The minimum absolute atomic E-state index is 0.218. The number of sulfone groups is 1. The number of hydrogen-bond acceptors (Lipinski definition) is 5. The highest BCUT2D eigenvalue weighted by molar-refractivity contribution is 9.10. The molecule has 0 unspecified atom stereocenters. The molecule has 2 aromatic carbocycles. The number of hydrogen-bond donors (Lipinski definition) is 1. The van der Waals surface area contributed by atoms with Gasteiger partial charge in [-0.25, -0.2) is 17.8 Å². The van der Waals surface area contributed by atoms with Crippen LogP contribution in [0.25, 0.3) is 0 Å². The molecule has 1 heterocycles. The van der Waals surface area contributed by atoms with Crippen LogP contribution in [-0.4, -0.2) is 25.1 Å². The lowest BCUT2D eigenvalue weighted by atomic mass is 10.1. The van der Waals surface area contributed by atoms with Gasteiger partial charge in [0.05, 0.1) is 5.75 Å². The van der Waals surface area contributed by atoms with E-state index < -0.39 is 21.5 Å². The van der Waals surface area contributed by atoms with E-state index in [0.717, 1.165) is 9.35 Å². The first-order valence-corrected chi connectivity index (χ1v) is 11.7. The van der Waals surface area contributed by atoms with Gasteiger partial charge >= 0.3 is 0 Å². The van der Waals surface area contributed by atoms with Crippen molar-refractivity contribution in [3.05, 3.63) is 81.0 Å². The molecular formula is C19H16BrFN2O3S2. The van der Waals surface area contributed by atoms with Crippen LogP contribution >= 0.6 is 27.3 Å². The molecule has 0 bridgehead atoms. The predicted molar refractivity (Wildman–Crippen MR) is 112 cm³/mol. The molecule has 0 aliphatic heterocycles. The van der Waals surface area contributed by atoms with Crippen LogP contribution < -0.4 is 5.32 Å². The Hall–Kier alpha value is -2.10. The van der Waals surface area contributed by atoms with Crippen molar-refractivity contribution >= 4 is 48.1 Å². The second-order valence-corrected chi connectivity index (χ2v) is 10.2. The molecule has 28 heavy (non-hydrogen) atoms. The van der Waals surface area contributed by atoms with Crippen molar-refractivity contribution in [2.75, 3.05) is 11.1 Å². The molecule has 146 valence electrons. The van der Waals surface area contributed by atoms with E-state index in [1.165, 1.54) is 17.4 Å². The van der Waals surface area contributed by atoms with E-state index in [4.69, 9.17) is 0 Å². The van der Waals surface area contributed by atoms with Gasteiger partial charge < -0.3 is 5.32 Å². The molecule has 0 saturated carbocycles. The van der Waals surface area contributed by atoms with Crippen LogP contribution in [0.2, 0.25) is 0 Å². The number of carbonyl (C=O) groups is 1. The fourth-order valence-corrected chi connectivity index (χ4v) is 4.91. The van der Waals surface area contributed by atoms with Crippen LogP contribution in [0.5, 0.6) is 0 Å². The number of benzene rings is 2. The monoisotopic (exact) mass is 482 g/mol. The number of halogens is 2. The van der Waals surface area contributed by atoms with E-state index in [1.807, 2.05) is 0 Å². The van der Waals surface area contributed by atoms with Crippen molar-refractivity contribution in [1.82, 2.24) is 4.98 Å². The van der Waals surface area contributed by atoms with Crippen molar-refractivity contribution in [3.8, 4) is 0 Å². The lowest BCUT2D eigenvalue weighted by Crippen LogP contribution is -2.23. The zero-order chi connectivity index (χ0) is 20.1. The number of nitrogens with zero attached hydrogens (tertiary/aromatic N) is 1. The summed E-state index contributed by atoms with van der Waals surface area (Å²) in [4.78, 5) is 16.9. The lowest BCUT2D eigenvalue weighted by molar-refractivity contribution is -0.113. The van der Waals surface area contributed by atoms with Crippen LogP contribution in [0.3, 0.4) is 0 Å². The molecule has 0 aliphatic carbocycles. The van der Waals surface area contributed by atoms with E-state index in [1.54, 1.807) is 48.7 Å². The number of anilines is 1. The normalized spacial score (nSPS) is 11.4. The van der Waals surface area contributed by atoms with Gasteiger partial charge in [-0.2, -0.15) is 0 Å². The number of rotatable bonds is 7. The van der Waals surface area contributed by atoms with Crippen LogP contribution in [0.4, 0.5) is 9.52 Å². The van der Waals surface area contributed by atoms with Crippen molar-refractivity contribution in [2.45, 2.75) is 12.2 Å². The molecule has 0 atom stereocenters. The molecule has 0 spiro atoms. The van der Waals surface area contributed by atoms with E-state index in [2.05, 4.69) is 26.2 Å². The second-order valence-electron chi connectivity index (χ2n) is 6.11. The van der Waals surface area contributed by atoms with Crippen LogP contribution in [0.1, 0.15) is 16.0 Å². The average molecular weight is 483 g/mol. The standard InChI is InChI=1S/C19H16BrFN2O3S2/c20-15-7-5-13(6-8-15)11-28(25,26)12-18(24)23-19-22-10-16(27-19)9-14-3-1-2-4-17(14)21/h1-8,10H,9,11-12H2,(H,22,23,24). The smallest absolute Gasteiger partial charge is 0.241 e. The lowest BCUT2D eigenvalue weighted by Gasteiger charge is -2.05. The number of nitrogens with one attached hydrogen (secondary N) is 1. The van der Waals surface area contributed by atoms with Gasteiger partial charge in [0.15, 0.2) is 15.0 Å². The SMILES string of the molecule is O=C(CS(=O)(=O)Cc1ccc(Br)cc1)Nc1ncc(Cc2ccccc2F)s1. The Bertz CT molecular complexity index is 1080. The quantitative estimate of drug-likeness (QED) is 0.547. The predicted octanol–water partition coefficient (Wildman–Crippen LogP) is 4.19. The van der Waals surface area contributed by atoms with Crippen LogP contribution in [0, 0.1) is 5.82 Å². The minimum Gasteiger partial charge on any atom is -0.301 e. The summed E-state index contributed by atoms with van der Waals surface area (Å²) in [5.41, 5.74) is 1.14. The third-order valence-corrected chi connectivity index (χ3v) is 6.69. The summed E-state index contributed by atoms with van der Waals surface area (Å²) in [6.45, 7) is 0. The highest BCUT2D eigenvalue weighted by atomic mass is 79.9. The first kappa shape index (κ1) is 20.6. The summed E-state index contributed by atoms with van der Waals surface area (Å²) in [6, 6.07) is 13.3. The van der Waals surface area contributed by atoms with Crippen molar-refractivity contribution < 1.29 is 17.6 Å². The highest BCUT2D eigenvalue weighted by Gasteiger charge is 2.18. The molecule has 0 fully saturated rings. The molecule has 1 amide bonds. The Morgan fingerprint density at radius 3 is 2.57 bits per heavy atom. The summed E-state index contributed by atoms with van der Waals surface area (Å²) in [6.07, 6.45) is 1.89. The minimum atomic E-state index is -3.61. The van der Waals surface area contributed by atoms with Gasteiger partial charge in [-0.3, -0.25) is 4.79 Å².